The number of thiophene rings is 1. The first kappa shape index (κ1) is 17.9. The lowest BCUT2D eigenvalue weighted by molar-refractivity contribution is -0.114. The molecular formula is C17H21FN4OS. The van der Waals surface area contributed by atoms with Crippen molar-refractivity contribution in [3.8, 4) is 0 Å². The molecule has 0 aliphatic carbocycles. The van der Waals surface area contributed by atoms with E-state index in [4.69, 9.17) is 0 Å². The van der Waals surface area contributed by atoms with Crippen LogP contribution in [0.4, 0.5) is 10.1 Å². The number of nitrogens with zero attached hydrogens (tertiary/aromatic N) is 1. The van der Waals surface area contributed by atoms with Crippen molar-refractivity contribution in [2.45, 2.75) is 13.3 Å². The second kappa shape index (κ2) is 9.67. The smallest absolute Gasteiger partial charge is 0.246 e. The minimum atomic E-state index is -0.338. The molecule has 0 aliphatic rings. The van der Waals surface area contributed by atoms with Crippen molar-refractivity contribution in [1.82, 2.24) is 10.6 Å². The van der Waals surface area contributed by atoms with Crippen LogP contribution in [0.5, 0.6) is 0 Å². The van der Waals surface area contributed by atoms with Gasteiger partial charge in [0.25, 0.3) is 0 Å². The topological polar surface area (TPSA) is 65.5 Å². The van der Waals surface area contributed by atoms with E-state index in [1.807, 2.05) is 13.0 Å². The van der Waals surface area contributed by atoms with Crippen LogP contribution in [0.3, 0.4) is 0 Å². The molecule has 0 atom stereocenters. The third-order valence-electron chi connectivity index (χ3n) is 3.10. The van der Waals surface area contributed by atoms with E-state index in [0.29, 0.717) is 18.2 Å². The van der Waals surface area contributed by atoms with Crippen molar-refractivity contribution < 1.29 is 9.18 Å². The van der Waals surface area contributed by atoms with Crippen LogP contribution >= 0.6 is 11.3 Å². The fraction of sp³-hybridized carbons (Fsp3) is 0.294. The average Bonchev–Trinajstić information content (AvgIpc) is 3.08. The van der Waals surface area contributed by atoms with Crippen LogP contribution in [0.1, 0.15) is 11.8 Å². The Kier molecular flexibility index (Phi) is 7.22. The molecule has 0 radical (unpaired) electrons. The molecule has 0 aliphatic heterocycles. The summed E-state index contributed by atoms with van der Waals surface area (Å²) in [5.41, 5.74) is 0.548. The van der Waals surface area contributed by atoms with Gasteiger partial charge < -0.3 is 16.0 Å². The number of anilines is 1. The van der Waals surface area contributed by atoms with Gasteiger partial charge in [-0.15, -0.1) is 11.3 Å². The lowest BCUT2D eigenvalue weighted by Gasteiger charge is -2.11. The lowest BCUT2D eigenvalue weighted by Crippen LogP contribution is -2.39. The molecule has 1 heterocycles. The molecule has 0 unspecified atom stereocenters. The zero-order valence-electron chi connectivity index (χ0n) is 13.5. The molecular weight excluding hydrogens is 327 g/mol. The molecule has 0 fully saturated rings. The molecule has 3 N–H and O–H groups in total. The number of rotatable bonds is 7. The summed E-state index contributed by atoms with van der Waals surface area (Å²) in [4.78, 5) is 17.5. The van der Waals surface area contributed by atoms with Gasteiger partial charge in [-0.3, -0.25) is 4.79 Å². The van der Waals surface area contributed by atoms with Gasteiger partial charge in [-0.05, 0) is 49.1 Å². The quantitative estimate of drug-likeness (QED) is 0.532. The molecule has 0 bridgehead atoms. The molecule has 0 saturated heterocycles. The number of halogens is 1. The maximum Gasteiger partial charge on any atom is 0.246 e. The van der Waals surface area contributed by atoms with Crippen molar-refractivity contribution in [1.29, 1.82) is 0 Å². The van der Waals surface area contributed by atoms with Gasteiger partial charge in [0.15, 0.2) is 5.96 Å². The Hall–Kier alpha value is -2.41. The highest BCUT2D eigenvalue weighted by atomic mass is 32.1. The summed E-state index contributed by atoms with van der Waals surface area (Å²) < 4.78 is 12.8. The van der Waals surface area contributed by atoms with Gasteiger partial charge in [-0.2, -0.15) is 0 Å². The molecule has 0 spiro atoms. The number of hydrogen-bond acceptors (Lipinski definition) is 3. The molecule has 128 valence electrons. The van der Waals surface area contributed by atoms with Crippen LogP contribution < -0.4 is 16.0 Å². The Labute approximate surface area is 145 Å². The minimum absolute atomic E-state index is 0.00822. The Morgan fingerprint density at radius 3 is 2.67 bits per heavy atom. The van der Waals surface area contributed by atoms with Gasteiger partial charge in [0.2, 0.25) is 5.91 Å². The van der Waals surface area contributed by atoms with Gasteiger partial charge >= 0.3 is 0 Å². The number of guanidine groups is 1. The number of nitrogens with one attached hydrogen (secondary N) is 3. The molecule has 1 aromatic carbocycles. The van der Waals surface area contributed by atoms with Gasteiger partial charge in [0.05, 0.1) is 0 Å². The SMILES string of the molecule is CCNC(=NCC(=O)Nc1ccc(F)cc1)NCCc1cccs1. The van der Waals surface area contributed by atoms with Crippen LogP contribution in [0, 0.1) is 5.82 Å². The first-order valence-corrected chi connectivity index (χ1v) is 8.65. The van der Waals surface area contributed by atoms with Crippen LogP contribution in [0.15, 0.2) is 46.8 Å². The predicted octanol–water partition coefficient (Wildman–Crippen LogP) is 2.62. The van der Waals surface area contributed by atoms with Gasteiger partial charge in [0.1, 0.15) is 12.4 Å². The Bertz CT molecular complexity index is 656. The van der Waals surface area contributed by atoms with E-state index >= 15 is 0 Å². The van der Waals surface area contributed by atoms with Gasteiger partial charge in [-0.1, -0.05) is 6.07 Å². The fourth-order valence-electron chi connectivity index (χ4n) is 1.99. The van der Waals surface area contributed by atoms with Crippen molar-refractivity contribution in [3.05, 3.63) is 52.5 Å². The van der Waals surface area contributed by atoms with E-state index < -0.39 is 0 Å². The zero-order valence-corrected chi connectivity index (χ0v) is 14.3. The van der Waals surface area contributed by atoms with Crippen molar-refractivity contribution >= 4 is 28.9 Å². The Morgan fingerprint density at radius 1 is 1.21 bits per heavy atom. The summed E-state index contributed by atoms with van der Waals surface area (Å²) in [5.74, 6) is 0.00997. The van der Waals surface area contributed by atoms with Gasteiger partial charge in [0, 0.05) is 23.7 Å². The lowest BCUT2D eigenvalue weighted by atomic mass is 10.3. The standard InChI is InChI=1S/C17H21FN4OS/c1-2-19-17(20-10-9-15-4-3-11-24-15)21-12-16(23)22-14-7-5-13(18)6-8-14/h3-8,11H,2,9-10,12H2,1H3,(H,22,23)(H2,19,20,21). The molecule has 24 heavy (non-hydrogen) atoms. The van der Waals surface area contributed by atoms with Crippen LogP contribution in [0.25, 0.3) is 0 Å². The van der Waals surface area contributed by atoms with Crippen LogP contribution in [0.2, 0.25) is 0 Å². The molecule has 1 amide bonds. The predicted molar refractivity (Wildman–Crippen MR) is 97.0 cm³/mol. The summed E-state index contributed by atoms with van der Waals surface area (Å²) in [7, 11) is 0. The van der Waals surface area contributed by atoms with Crippen molar-refractivity contribution in [3.63, 3.8) is 0 Å². The zero-order chi connectivity index (χ0) is 17.2. The number of aliphatic imine (C=N–C) groups is 1. The fourth-order valence-corrected chi connectivity index (χ4v) is 2.69. The molecule has 1 aromatic heterocycles. The highest BCUT2D eigenvalue weighted by Gasteiger charge is 2.03. The van der Waals surface area contributed by atoms with E-state index in [0.717, 1.165) is 13.0 Å². The first-order chi connectivity index (χ1) is 11.7. The van der Waals surface area contributed by atoms with E-state index in [1.54, 1.807) is 11.3 Å². The largest absolute Gasteiger partial charge is 0.357 e. The maximum absolute atomic E-state index is 12.8. The first-order valence-electron chi connectivity index (χ1n) is 7.77. The summed E-state index contributed by atoms with van der Waals surface area (Å²) in [6, 6.07) is 9.75. The van der Waals surface area contributed by atoms with Crippen LogP contribution in [-0.2, 0) is 11.2 Å². The number of carbonyl (C=O) groups excluding carboxylic acids is 1. The third kappa shape index (κ3) is 6.37. The number of benzene rings is 1. The van der Waals surface area contributed by atoms with Gasteiger partial charge in [-0.25, -0.2) is 9.38 Å². The highest BCUT2D eigenvalue weighted by Crippen LogP contribution is 2.08. The molecule has 2 aromatic rings. The molecule has 7 heteroatoms. The van der Waals surface area contributed by atoms with E-state index in [1.165, 1.54) is 29.1 Å². The summed E-state index contributed by atoms with van der Waals surface area (Å²) >= 11 is 1.72. The Balaban J connectivity index is 1.80. The molecule has 5 nitrogen and oxygen atoms in total. The third-order valence-corrected chi connectivity index (χ3v) is 4.03. The van der Waals surface area contributed by atoms with E-state index in [-0.39, 0.29) is 18.3 Å². The average molecular weight is 348 g/mol. The maximum atomic E-state index is 12.8. The highest BCUT2D eigenvalue weighted by molar-refractivity contribution is 7.09. The summed E-state index contributed by atoms with van der Waals surface area (Å²) in [6.07, 6.45) is 0.907. The Morgan fingerprint density at radius 2 is 2.00 bits per heavy atom. The van der Waals surface area contributed by atoms with E-state index in [9.17, 15) is 9.18 Å². The van der Waals surface area contributed by atoms with Crippen LogP contribution in [-0.4, -0.2) is 31.5 Å². The summed E-state index contributed by atoms with van der Waals surface area (Å²) in [5, 5.41) is 11.0. The number of hydrogen-bond donors (Lipinski definition) is 3. The second-order valence-electron chi connectivity index (χ2n) is 5.01. The van der Waals surface area contributed by atoms with Crippen molar-refractivity contribution in [2.24, 2.45) is 4.99 Å². The molecule has 0 saturated carbocycles. The molecule has 2 rings (SSSR count). The second-order valence-corrected chi connectivity index (χ2v) is 6.04. The monoisotopic (exact) mass is 348 g/mol. The summed E-state index contributed by atoms with van der Waals surface area (Å²) in [6.45, 7) is 3.41. The minimum Gasteiger partial charge on any atom is -0.357 e. The normalized spacial score (nSPS) is 11.2. The number of carbonyl (C=O) groups is 1. The number of amides is 1. The van der Waals surface area contributed by atoms with Crippen molar-refractivity contribution in [2.75, 3.05) is 25.0 Å². The van der Waals surface area contributed by atoms with E-state index in [2.05, 4.69) is 32.4 Å².